The van der Waals surface area contributed by atoms with Crippen LogP contribution in [0.25, 0.3) is 0 Å². The number of para-hydroxylation sites is 1. The molecule has 0 bridgehead atoms. The second-order valence-corrected chi connectivity index (χ2v) is 3.58. The highest BCUT2D eigenvalue weighted by Gasteiger charge is 1.91. The molecule has 0 aliphatic rings. The number of rotatable bonds is 7. The Labute approximate surface area is 98.9 Å². The van der Waals surface area contributed by atoms with E-state index in [0.717, 1.165) is 12.4 Å². The second kappa shape index (κ2) is 11.6. The van der Waals surface area contributed by atoms with E-state index in [1.165, 1.54) is 32.1 Å². The van der Waals surface area contributed by atoms with Crippen LogP contribution in [0.4, 0.5) is 0 Å². The molecule has 1 aromatic rings. The van der Waals surface area contributed by atoms with Gasteiger partial charge in [0.15, 0.2) is 0 Å². The zero-order valence-electron chi connectivity index (χ0n) is 10.1. The van der Waals surface area contributed by atoms with Crippen molar-refractivity contribution in [3.63, 3.8) is 0 Å². The summed E-state index contributed by atoms with van der Waals surface area (Å²) in [5.41, 5.74) is 0. The molecular weight excluding hydrogens is 198 g/mol. The summed E-state index contributed by atoms with van der Waals surface area (Å²) in [4.78, 5) is 0. The minimum absolute atomic E-state index is 0.855. The summed E-state index contributed by atoms with van der Waals surface area (Å²) in [5, 5.41) is 6.50. The Hall–Kier alpha value is -1.49. The number of benzene rings is 1. The highest BCUT2D eigenvalue weighted by atomic mass is 16.5. The van der Waals surface area contributed by atoms with Gasteiger partial charge in [0.1, 0.15) is 5.75 Å². The Kier molecular flexibility index (Phi) is 10.5. The number of nitrogens with zero attached hydrogens (tertiary/aromatic N) is 1. The summed E-state index contributed by atoms with van der Waals surface area (Å²) in [6, 6.07) is 10.0. The molecule has 0 aliphatic heterocycles. The molecule has 0 heterocycles. The molecule has 0 spiro atoms. The van der Waals surface area contributed by atoms with Crippen LogP contribution in [-0.2, 0) is 0 Å². The van der Waals surface area contributed by atoms with Crippen molar-refractivity contribution in [2.24, 2.45) is 0 Å². The first-order valence-corrected chi connectivity index (χ1v) is 5.87. The summed E-state index contributed by atoms with van der Waals surface area (Å²) >= 11 is 0. The lowest BCUT2D eigenvalue weighted by atomic mass is 10.2. The van der Waals surface area contributed by atoms with E-state index in [4.69, 9.17) is 10.00 Å². The molecule has 1 rings (SSSR count). The van der Waals surface area contributed by atoms with E-state index < -0.39 is 0 Å². The molecule has 16 heavy (non-hydrogen) atoms. The van der Waals surface area contributed by atoms with Crippen LogP contribution < -0.4 is 4.74 Å². The Morgan fingerprint density at radius 1 is 1.00 bits per heavy atom. The van der Waals surface area contributed by atoms with Crippen LogP contribution in [0, 0.1) is 11.8 Å². The highest BCUT2D eigenvalue weighted by Crippen LogP contribution is 2.09. The first-order chi connectivity index (χ1) is 7.93. The van der Waals surface area contributed by atoms with Gasteiger partial charge < -0.3 is 4.74 Å². The summed E-state index contributed by atoms with van der Waals surface area (Å²) < 4.78 is 5.59. The van der Waals surface area contributed by atoms with Crippen LogP contribution in [0.3, 0.4) is 0 Å². The van der Waals surface area contributed by atoms with Crippen LogP contribution in [0.15, 0.2) is 30.3 Å². The lowest BCUT2D eigenvalue weighted by Gasteiger charge is -2.04. The van der Waals surface area contributed by atoms with E-state index in [-0.39, 0.29) is 0 Å². The topological polar surface area (TPSA) is 33.0 Å². The average molecular weight is 219 g/mol. The Morgan fingerprint density at radius 2 is 1.62 bits per heavy atom. The molecule has 0 aromatic heterocycles. The molecule has 0 saturated heterocycles. The van der Waals surface area contributed by atoms with E-state index in [2.05, 4.69) is 13.5 Å². The third kappa shape index (κ3) is 7.87. The maximum atomic E-state index is 6.50. The Bertz CT molecular complexity index is 256. The molecule has 0 unspecified atom stereocenters. The number of unbranched alkanes of at least 4 members (excludes halogenated alkanes) is 4. The molecule has 2 heteroatoms. The van der Waals surface area contributed by atoms with Crippen molar-refractivity contribution in [2.75, 3.05) is 6.61 Å². The van der Waals surface area contributed by atoms with Gasteiger partial charge in [-0.15, -0.1) is 0 Å². The number of hydrogen-bond donors (Lipinski definition) is 0. The van der Waals surface area contributed by atoms with Crippen molar-refractivity contribution in [3.8, 4) is 12.3 Å². The van der Waals surface area contributed by atoms with Crippen molar-refractivity contribution in [2.45, 2.75) is 39.0 Å². The van der Waals surface area contributed by atoms with E-state index >= 15 is 0 Å². The molecular formula is C14H21NO. The summed E-state index contributed by atoms with van der Waals surface area (Å²) in [6.45, 7) is 6.59. The van der Waals surface area contributed by atoms with Gasteiger partial charge in [0.05, 0.1) is 6.61 Å². The van der Waals surface area contributed by atoms with Gasteiger partial charge in [-0.05, 0) is 18.6 Å². The van der Waals surface area contributed by atoms with Crippen LogP contribution in [-0.4, -0.2) is 6.61 Å². The third-order valence-electron chi connectivity index (χ3n) is 2.26. The van der Waals surface area contributed by atoms with E-state index in [0.29, 0.717) is 0 Å². The van der Waals surface area contributed by atoms with Gasteiger partial charge in [-0.1, -0.05) is 50.8 Å². The average Bonchev–Trinajstić information content (AvgIpc) is 2.37. The van der Waals surface area contributed by atoms with Crippen molar-refractivity contribution in [1.29, 1.82) is 5.26 Å². The lowest BCUT2D eigenvalue weighted by molar-refractivity contribution is 0.304. The molecule has 88 valence electrons. The standard InChI is InChI=1S/C13H20O.CHN/c1-2-3-4-5-9-12-14-13-10-7-6-8-11-13;1-2/h6-8,10-11H,2-5,9,12H2,1H3;1H. The Morgan fingerprint density at radius 3 is 2.25 bits per heavy atom. The van der Waals surface area contributed by atoms with E-state index in [1.807, 2.05) is 30.3 Å². The maximum absolute atomic E-state index is 6.50. The molecule has 0 saturated carbocycles. The highest BCUT2D eigenvalue weighted by molar-refractivity contribution is 5.20. The van der Waals surface area contributed by atoms with Gasteiger partial charge in [0.25, 0.3) is 0 Å². The van der Waals surface area contributed by atoms with Gasteiger partial charge >= 0.3 is 0 Å². The van der Waals surface area contributed by atoms with Crippen LogP contribution in [0.2, 0.25) is 0 Å². The fraction of sp³-hybridized carbons (Fsp3) is 0.500. The molecule has 0 fully saturated rings. The summed E-state index contributed by atoms with van der Waals surface area (Å²) in [7, 11) is 0. The molecule has 2 nitrogen and oxygen atoms in total. The van der Waals surface area contributed by atoms with Crippen LogP contribution >= 0.6 is 0 Å². The first kappa shape index (κ1) is 14.5. The number of ether oxygens (including phenoxy) is 1. The lowest BCUT2D eigenvalue weighted by Crippen LogP contribution is -1.96. The van der Waals surface area contributed by atoms with Crippen molar-refractivity contribution in [1.82, 2.24) is 0 Å². The van der Waals surface area contributed by atoms with Gasteiger partial charge in [-0.2, -0.15) is 0 Å². The Balaban J connectivity index is 0.00000106. The largest absolute Gasteiger partial charge is 0.494 e. The summed E-state index contributed by atoms with van der Waals surface area (Å²) in [6.07, 6.45) is 6.47. The fourth-order valence-corrected chi connectivity index (χ4v) is 1.41. The van der Waals surface area contributed by atoms with Gasteiger partial charge in [0, 0.05) is 6.57 Å². The maximum Gasteiger partial charge on any atom is 0.119 e. The predicted molar refractivity (Wildman–Crippen MR) is 67.4 cm³/mol. The van der Waals surface area contributed by atoms with Crippen LogP contribution in [0.1, 0.15) is 39.0 Å². The smallest absolute Gasteiger partial charge is 0.119 e. The fourth-order valence-electron chi connectivity index (χ4n) is 1.41. The second-order valence-electron chi connectivity index (χ2n) is 3.58. The number of nitriles is 1. The van der Waals surface area contributed by atoms with E-state index in [1.54, 1.807) is 0 Å². The van der Waals surface area contributed by atoms with Gasteiger partial charge in [-0.3, -0.25) is 0 Å². The van der Waals surface area contributed by atoms with Gasteiger partial charge in [-0.25, -0.2) is 5.26 Å². The monoisotopic (exact) mass is 219 g/mol. The van der Waals surface area contributed by atoms with Gasteiger partial charge in [0.2, 0.25) is 0 Å². The molecule has 0 aliphatic carbocycles. The number of hydrogen-bond acceptors (Lipinski definition) is 2. The molecule has 0 radical (unpaired) electrons. The zero-order chi connectivity index (χ0) is 12.1. The predicted octanol–water partition coefficient (Wildman–Crippen LogP) is 4.18. The minimum atomic E-state index is 0.855. The third-order valence-corrected chi connectivity index (χ3v) is 2.26. The van der Waals surface area contributed by atoms with Crippen LogP contribution in [0.5, 0.6) is 5.75 Å². The first-order valence-electron chi connectivity index (χ1n) is 5.87. The molecule has 0 atom stereocenters. The normalized spacial score (nSPS) is 8.94. The van der Waals surface area contributed by atoms with E-state index in [9.17, 15) is 0 Å². The molecule has 0 amide bonds. The SMILES string of the molecule is C#N.CCCCCCCOc1ccccc1. The minimum Gasteiger partial charge on any atom is -0.494 e. The van der Waals surface area contributed by atoms with Crippen molar-refractivity contribution >= 4 is 0 Å². The quantitative estimate of drug-likeness (QED) is 0.645. The molecule has 1 aromatic carbocycles. The zero-order valence-corrected chi connectivity index (χ0v) is 10.1. The molecule has 0 N–H and O–H groups in total. The van der Waals surface area contributed by atoms with Crippen molar-refractivity contribution < 1.29 is 4.74 Å². The summed E-state index contributed by atoms with van der Waals surface area (Å²) in [5.74, 6) is 0.989. The van der Waals surface area contributed by atoms with Crippen molar-refractivity contribution in [3.05, 3.63) is 30.3 Å².